The zero-order valence-corrected chi connectivity index (χ0v) is 15.7. The van der Waals surface area contributed by atoms with Crippen molar-refractivity contribution in [2.45, 2.75) is 17.8 Å². The number of carbonyl (C=O) groups excluding carboxylic acids is 1. The van der Waals surface area contributed by atoms with Gasteiger partial charge >= 0.3 is 6.18 Å². The molecule has 2 aromatic carbocycles. The topological polar surface area (TPSA) is 59.8 Å². The number of hydrogen-bond acceptors (Lipinski definition) is 4. The van der Waals surface area contributed by atoms with Gasteiger partial charge < -0.3 is 9.88 Å². The summed E-state index contributed by atoms with van der Waals surface area (Å²) < 4.78 is 39.1. The van der Waals surface area contributed by atoms with E-state index < -0.39 is 12.0 Å². The summed E-state index contributed by atoms with van der Waals surface area (Å²) in [7, 11) is 1.22. The first kappa shape index (κ1) is 19.9. The number of carbonyl (C=O) groups is 1. The zero-order valence-electron chi connectivity index (χ0n) is 14.9. The molecule has 0 saturated carbocycles. The third kappa shape index (κ3) is 4.92. The lowest BCUT2D eigenvalue weighted by molar-refractivity contribution is -0.147. The van der Waals surface area contributed by atoms with Crippen molar-refractivity contribution in [3.63, 3.8) is 0 Å². The minimum absolute atomic E-state index is 0.0278. The van der Waals surface area contributed by atoms with Gasteiger partial charge in [-0.2, -0.15) is 13.2 Å². The minimum Gasteiger partial charge on any atom is -0.325 e. The van der Waals surface area contributed by atoms with E-state index in [9.17, 15) is 18.0 Å². The molecule has 0 saturated heterocycles. The van der Waals surface area contributed by atoms with E-state index in [1.807, 2.05) is 48.5 Å². The summed E-state index contributed by atoms with van der Waals surface area (Å²) >= 11 is 0.898. The Morgan fingerprint density at radius 3 is 2.43 bits per heavy atom. The van der Waals surface area contributed by atoms with E-state index in [4.69, 9.17) is 0 Å². The summed E-state index contributed by atoms with van der Waals surface area (Å²) in [5.74, 6) is -1.51. The van der Waals surface area contributed by atoms with Crippen LogP contribution in [0, 0.1) is 0 Å². The van der Waals surface area contributed by atoms with Crippen molar-refractivity contribution in [2.75, 3.05) is 11.1 Å². The summed E-state index contributed by atoms with van der Waals surface area (Å²) in [4.78, 5) is 12.3. The Balaban J connectivity index is 1.64. The predicted octanol–water partition coefficient (Wildman–Crippen LogP) is 4.16. The largest absolute Gasteiger partial charge is 0.451 e. The molecule has 0 fully saturated rings. The van der Waals surface area contributed by atoms with Gasteiger partial charge in [0.1, 0.15) is 0 Å². The van der Waals surface area contributed by atoms with Crippen LogP contribution >= 0.6 is 11.8 Å². The van der Waals surface area contributed by atoms with Gasteiger partial charge in [-0.25, -0.2) is 0 Å². The van der Waals surface area contributed by atoms with Crippen molar-refractivity contribution >= 4 is 23.4 Å². The van der Waals surface area contributed by atoms with Gasteiger partial charge in [0, 0.05) is 12.7 Å². The summed E-state index contributed by atoms with van der Waals surface area (Å²) in [5.41, 5.74) is 2.73. The number of anilines is 1. The highest BCUT2D eigenvalue weighted by Gasteiger charge is 2.37. The first-order valence-electron chi connectivity index (χ1n) is 8.35. The van der Waals surface area contributed by atoms with Crippen molar-refractivity contribution < 1.29 is 18.0 Å². The molecule has 0 bridgehead atoms. The molecule has 1 N–H and O–H groups in total. The van der Waals surface area contributed by atoms with Crippen LogP contribution < -0.4 is 5.32 Å². The number of rotatable bonds is 6. The van der Waals surface area contributed by atoms with Crippen LogP contribution in [0.4, 0.5) is 18.9 Å². The number of thioether (sulfide) groups is 1. The highest BCUT2D eigenvalue weighted by Crippen LogP contribution is 2.29. The van der Waals surface area contributed by atoms with Crippen LogP contribution in [0.1, 0.15) is 17.0 Å². The van der Waals surface area contributed by atoms with Gasteiger partial charge in [0.2, 0.25) is 11.7 Å². The van der Waals surface area contributed by atoms with Gasteiger partial charge in [-0.15, -0.1) is 10.2 Å². The molecule has 3 rings (SSSR count). The fourth-order valence-electron chi connectivity index (χ4n) is 2.62. The van der Waals surface area contributed by atoms with Gasteiger partial charge in [-0.05, 0) is 23.6 Å². The van der Waals surface area contributed by atoms with E-state index in [0.717, 1.165) is 27.5 Å². The Bertz CT molecular complexity index is 957. The average Bonchev–Trinajstić information content (AvgIpc) is 3.03. The Morgan fingerprint density at radius 2 is 1.75 bits per heavy atom. The summed E-state index contributed by atoms with van der Waals surface area (Å²) in [6, 6.07) is 17.3. The zero-order chi connectivity index (χ0) is 20.1. The molecule has 1 heterocycles. The van der Waals surface area contributed by atoms with Crippen LogP contribution in [0.25, 0.3) is 0 Å². The number of para-hydroxylation sites is 1. The third-order valence-corrected chi connectivity index (χ3v) is 4.97. The monoisotopic (exact) mass is 406 g/mol. The molecule has 0 spiro atoms. The number of hydrogen-bond donors (Lipinski definition) is 1. The SMILES string of the molecule is Cn1c(SCC(=O)Nc2ccccc2Cc2ccccc2)nnc1C(F)(F)F. The van der Waals surface area contributed by atoms with E-state index in [1.165, 1.54) is 7.05 Å². The van der Waals surface area contributed by atoms with Gasteiger partial charge in [0.25, 0.3) is 0 Å². The molecule has 9 heteroatoms. The molecule has 3 aromatic rings. The summed E-state index contributed by atoms with van der Waals surface area (Å²) in [6.45, 7) is 0. The smallest absolute Gasteiger partial charge is 0.325 e. The molecule has 28 heavy (non-hydrogen) atoms. The number of halogens is 3. The minimum atomic E-state index is -4.58. The fourth-order valence-corrected chi connectivity index (χ4v) is 3.33. The van der Waals surface area contributed by atoms with E-state index in [1.54, 1.807) is 6.07 Å². The fraction of sp³-hybridized carbons (Fsp3) is 0.211. The first-order chi connectivity index (χ1) is 13.3. The maximum atomic E-state index is 12.8. The molecule has 0 aliphatic carbocycles. The maximum Gasteiger partial charge on any atom is 0.451 e. The van der Waals surface area contributed by atoms with E-state index in [0.29, 0.717) is 12.1 Å². The van der Waals surface area contributed by atoms with Crippen molar-refractivity contribution in [3.8, 4) is 0 Å². The lowest BCUT2D eigenvalue weighted by Crippen LogP contribution is -2.16. The lowest BCUT2D eigenvalue weighted by atomic mass is 10.0. The molecule has 1 amide bonds. The molecular weight excluding hydrogens is 389 g/mol. The van der Waals surface area contributed by atoms with Crippen LogP contribution in [0.2, 0.25) is 0 Å². The molecule has 0 aliphatic rings. The summed E-state index contributed by atoms with van der Waals surface area (Å²) in [6.07, 6.45) is -3.93. The van der Waals surface area contributed by atoms with Crippen LogP contribution in [-0.2, 0) is 24.4 Å². The molecule has 1 aromatic heterocycles. The van der Waals surface area contributed by atoms with Gasteiger partial charge in [0.05, 0.1) is 5.75 Å². The van der Waals surface area contributed by atoms with Crippen molar-refractivity contribution in [2.24, 2.45) is 7.05 Å². The van der Waals surface area contributed by atoms with Gasteiger partial charge in [-0.3, -0.25) is 4.79 Å². The Kier molecular flexibility index (Phi) is 6.03. The van der Waals surface area contributed by atoms with Crippen molar-refractivity contribution in [1.29, 1.82) is 0 Å². The number of alkyl halides is 3. The third-order valence-electron chi connectivity index (χ3n) is 3.95. The molecule has 5 nitrogen and oxygen atoms in total. The first-order valence-corrected chi connectivity index (χ1v) is 9.34. The van der Waals surface area contributed by atoms with Crippen molar-refractivity contribution in [1.82, 2.24) is 14.8 Å². The van der Waals surface area contributed by atoms with Gasteiger partial charge in [-0.1, -0.05) is 60.3 Å². The summed E-state index contributed by atoms with van der Waals surface area (Å²) in [5, 5.41) is 9.50. The van der Waals surface area contributed by atoms with E-state index in [-0.39, 0.29) is 16.8 Å². The second-order valence-electron chi connectivity index (χ2n) is 6.02. The number of nitrogens with one attached hydrogen (secondary N) is 1. The molecule has 0 unspecified atom stereocenters. The molecule has 0 aliphatic heterocycles. The molecule has 0 atom stereocenters. The molecular formula is C19H17F3N4OS. The van der Waals surface area contributed by atoms with Crippen molar-refractivity contribution in [3.05, 3.63) is 71.5 Å². The number of amides is 1. The van der Waals surface area contributed by atoms with Crippen LogP contribution in [0.15, 0.2) is 59.8 Å². The highest BCUT2D eigenvalue weighted by atomic mass is 32.2. The number of nitrogens with zero attached hydrogens (tertiary/aromatic N) is 3. The standard InChI is InChI=1S/C19H17F3N4OS/c1-26-17(19(20,21)22)24-25-18(26)28-12-16(27)23-15-10-6-5-9-14(15)11-13-7-3-2-4-8-13/h2-10H,11-12H2,1H3,(H,23,27). The normalized spacial score (nSPS) is 11.4. The molecule has 146 valence electrons. The number of benzene rings is 2. The van der Waals surface area contributed by atoms with Gasteiger partial charge in [0.15, 0.2) is 5.16 Å². The molecule has 0 radical (unpaired) electrons. The Hall–Kier alpha value is -2.81. The number of aromatic nitrogens is 3. The van der Waals surface area contributed by atoms with Crippen LogP contribution in [-0.4, -0.2) is 26.4 Å². The van der Waals surface area contributed by atoms with E-state index >= 15 is 0 Å². The Morgan fingerprint density at radius 1 is 1.07 bits per heavy atom. The van der Waals surface area contributed by atoms with Crippen LogP contribution in [0.5, 0.6) is 0 Å². The second kappa shape index (κ2) is 8.47. The quantitative estimate of drug-likeness (QED) is 0.625. The average molecular weight is 406 g/mol. The van der Waals surface area contributed by atoms with E-state index in [2.05, 4.69) is 15.5 Å². The maximum absolute atomic E-state index is 12.8. The second-order valence-corrected chi connectivity index (χ2v) is 6.96. The predicted molar refractivity (Wildman–Crippen MR) is 101 cm³/mol. The lowest BCUT2D eigenvalue weighted by Gasteiger charge is -2.11. The Labute approximate surface area is 164 Å². The van der Waals surface area contributed by atoms with Crippen LogP contribution in [0.3, 0.4) is 0 Å². The highest BCUT2D eigenvalue weighted by molar-refractivity contribution is 7.99.